The molecule has 1 atom stereocenters. The van der Waals surface area contributed by atoms with Crippen molar-refractivity contribution in [2.75, 3.05) is 11.5 Å². The topological polar surface area (TPSA) is 77.2 Å². The first-order valence-electron chi connectivity index (χ1n) is 4.64. The highest BCUT2D eigenvalue weighted by Gasteiger charge is 2.29. The van der Waals surface area contributed by atoms with Crippen LogP contribution >= 0.6 is 11.6 Å². The van der Waals surface area contributed by atoms with Crippen LogP contribution in [0, 0.1) is 0 Å². The number of halogens is 1. The monoisotopic (exact) mass is 261 g/mol. The second-order valence-electron chi connectivity index (χ2n) is 3.25. The van der Waals surface area contributed by atoms with Crippen LogP contribution in [0.4, 0.5) is 5.69 Å². The number of hydrogen-bond acceptors (Lipinski definition) is 4. The standard InChI is InChI=1S/C10H12ClNO3S/c1-2-16(14,15)10(11)9(13)7-3-5-8(12)6-4-7/h3-6,10H,2,12H2,1H3/t10-/m1/s1. The number of alkyl halides is 1. The largest absolute Gasteiger partial charge is 0.399 e. The maximum absolute atomic E-state index is 11.7. The van der Waals surface area contributed by atoms with E-state index in [1.807, 2.05) is 0 Å². The highest BCUT2D eigenvalue weighted by molar-refractivity contribution is 7.94. The van der Waals surface area contributed by atoms with Crippen molar-refractivity contribution >= 4 is 32.9 Å². The van der Waals surface area contributed by atoms with Gasteiger partial charge in [-0.25, -0.2) is 8.42 Å². The second kappa shape index (κ2) is 4.84. The molecular formula is C10H12ClNO3S. The molecule has 0 radical (unpaired) electrons. The van der Waals surface area contributed by atoms with Gasteiger partial charge in [0.25, 0.3) is 0 Å². The average molecular weight is 262 g/mol. The van der Waals surface area contributed by atoms with Crippen molar-refractivity contribution in [3.8, 4) is 0 Å². The molecule has 4 nitrogen and oxygen atoms in total. The molecule has 1 aromatic carbocycles. The number of hydrogen-bond donors (Lipinski definition) is 1. The van der Waals surface area contributed by atoms with Gasteiger partial charge in [0.2, 0.25) is 0 Å². The smallest absolute Gasteiger partial charge is 0.197 e. The number of Topliss-reactive ketones (excluding diaryl/α,β-unsaturated/α-hetero) is 1. The van der Waals surface area contributed by atoms with Gasteiger partial charge in [-0.05, 0) is 24.3 Å². The van der Waals surface area contributed by atoms with Crippen LogP contribution in [0.1, 0.15) is 17.3 Å². The van der Waals surface area contributed by atoms with E-state index in [9.17, 15) is 13.2 Å². The Labute approximate surface area is 99.3 Å². The summed E-state index contributed by atoms with van der Waals surface area (Å²) in [6.07, 6.45) is 0. The number of sulfone groups is 1. The average Bonchev–Trinajstić information content (AvgIpc) is 2.28. The fourth-order valence-electron chi connectivity index (χ4n) is 1.09. The number of nitrogens with two attached hydrogens (primary N) is 1. The number of anilines is 1. The van der Waals surface area contributed by atoms with Crippen molar-refractivity contribution < 1.29 is 13.2 Å². The van der Waals surface area contributed by atoms with Crippen molar-refractivity contribution in [2.24, 2.45) is 0 Å². The predicted molar refractivity (Wildman–Crippen MR) is 64.3 cm³/mol. The van der Waals surface area contributed by atoms with Crippen LogP contribution in [0.25, 0.3) is 0 Å². The Hall–Kier alpha value is -1.07. The molecule has 0 unspecified atom stereocenters. The van der Waals surface area contributed by atoms with Crippen LogP contribution in [0.3, 0.4) is 0 Å². The second-order valence-corrected chi connectivity index (χ2v) is 6.32. The Morgan fingerprint density at radius 3 is 2.31 bits per heavy atom. The van der Waals surface area contributed by atoms with Crippen LogP contribution < -0.4 is 5.73 Å². The molecule has 0 spiro atoms. The summed E-state index contributed by atoms with van der Waals surface area (Å²) < 4.78 is 21.3. The van der Waals surface area contributed by atoms with Crippen LogP contribution in [0.2, 0.25) is 0 Å². The number of carbonyl (C=O) groups is 1. The molecule has 1 rings (SSSR count). The zero-order valence-electron chi connectivity index (χ0n) is 8.68. The van der Waals surface area contributed by atoms with Gasteiger partial charge in [-0.1, -0.05) is 18.5 Å². The predicted octanol–water partition coefficient (Wildman–Crippen LogP) is 1.45. The summed E-state index contributed by atoms with van der Waals surface area (Å²) >= 11 is 5.63. The van der Waals surface area contributed by atoms with Crippen molar-refractivity contribution in [1.82, 2.24) is 0 Å². The van der Waals surface area contributed by atoms with Crippen molar-refractivity contribution in [3.63, 3.8) is 0 Å². The number of rotatable bonds is 4. The van der Waals surface area contributed by atoms with E-state index < -0.39 is 20.3 Å². The number of nitrogen functional groups attached to an aromatic ring is 1. The molecule has 16 heavy (non-hydrogen) atoms. The van der Waals surface area contributed by atoms with E-state index in [0.29, 0.717) is 5.69 Å². The number of carbonyl (C=O) groups excluding carboxylic acids is 1. The summed E-state index contributed by atoms with van der Waals surface area (Å²) in [6, 6.07) is 5.96. The first-order valence-corrected chi connectivity index (χ1v) is 6.79. The van der Waals surface area contributed by atoms with E-state index >= 15 is 0 Å². The molecule has 2 N–H and O–H groups in total. The van der Waals surface area contributed by atoms with Crippen LogP contribution in [0.15, 0.2) is 24.3 Å². The van der Waals surface area contributed by atoms with Crippen molar-refractivity contribution in [1.29, 1.82) is 0 Å². The Bertz CT molecular complexity index is 481. The highest BCUT2D eigenvalue weighted by atomic mass is 35.5. The molecule has 0 heterocycles. The highest BCUT2D eigenvalue weighted by Crippen LogP contribution is 2.16. The summed E-state index contributed by atoms with van der Waals surface area (Å²) in [4.78, 5) is 11.7. The zero-order chi connectivity index (χ0) is 12.3. The van der Waals surface area contributed by atoms with E-state index in [0.717, 1.165) is 0 Å². The molecule has 0 saturated carbocycles. The third-order valence-corrected chi connectivity index (χ3v) is 4.78. The Balaban J connectivity index is 2.99. The molecule has 0 aliphatic heterocycles. The SMILES string of the molecule is CCS(=O)(=O)[C@@H](Cl)C(=O)c1ccc(N)cc1. The van der Waals surface area contributed by atoms with Crippen molar-refractivity contribution in [3.05, 3.63) is 29.8 Å². The molecular weight excluding hydrogens is 250 g/mol. The molecule has 0 fully saturated rings. The fourth-order valence-corrected chi connectivity index (χ4v) is 2.35. The fraction of sp³-hybridized carbons (Fsp3) is 0.300. The minimum absolute atomic E-state index is 0.165. The Kier molecular flexibility index (Phi) is 3.93. The first kappa shape index (κ1) is 13.0. The van der Waals surface area contributed by atoms with Gasteiger partial charge in [-0.2, -0.15) is 0 Å². The zero-order valence-corrected chi connectivity index (χ0v) is 10.3. The van der Waals surface area contributed by atoms with E-state index in [1.165, 1.54) is 31.2 Å². The Morgan fingerprint density at radius 1 is 1.38 bits per heavy atom. The molecule has 0 bridgehead atoms. The van der Waals surface area contributed by atoms with Gasteiger partial charge in [0.1, 0.15) is 0 Å². The maximum Gasteiger partial charge on any atom is 0.197 e. The van der Waals surface area contributed by atoms with Gasteiger partial charge in [0.05, 0.1) is 0 Å². The van der Waals surface area contributed by atoms with Crippen LogP contribution in [0.5, 0.6) is 0 Å². The number of benzene rings is 1. The summed E-state index contributed by atoms with van der Waals surface area (Å²) in [6.45, 7) is 1.45. The lowest BCUT2D eigenvalue weighted by molar-refractivity contribution is 0.101. The van der Waals surface area contributed by atoms with Gasteiger partial charge < -0.3 is 5.73 Å². The molecule has 0 aliphatic rings. The molecule has 88 valence electrons. The lowest BCUT2D eigenvalue weighted by atomic mass is 10.1. The van der Waals surface area contributed by atoms with E-state index in [-0.39, 0.29) is 11.3 Å². The summed E-state index contributed by atoms with van der Waals surface area (Å²) in [5, 5.41) is 0. The summed E-state index contributed by atoms with van der Waals surface area (Å²) in [5.74, 6) is -0.787. The van der Waals surface area contributed by atoms with Crippen LogP contribution in [-0.4, -0.2) is 24.7 Å². The molecule has 6 heteroatoms. The molecule has 0 aliphatic carbocycles. The van der Waals surface area contributed by atoms with Gasteiger partial charge in [0.15, 0.2) is 20.3 Å². The van der Waals surface area contributed by atoms with E-state index in [4.69, 9.17) is 17.3 Å². The quantitative estimate of drug-likeness (QED) is 0.506. The summed E-state index contributed by atoms with van der Waals surface area (Å²) in [5.41, 5.74) is 6.20. The van der Waals surface area contributed by atoms with Gasteiger partial charge >= 0.3 is 0 Å². The van der Waals surface area contributed by atoms with E-state index in [1.54, 1.807) is 0 Å². The van der Waals surface area contributed by atoms with E-state index in [2.05, 4.69) is 0 Å². The maximum atomic E-state index is 11.7. The molecule has 1 aromatic rings. The Morgan fingerprint density at radius 2 is 1.88 bits per heavy atom. The lowest BCUT2D eigenvalue weighted by Gasteiger charge is -2.08. The molecule has 0 saturated heterocycles. The third kappa shape index (κ3) is 2.74. The number of ketones is 1. The van der Waals surface area contributed by atoms with Crippen LogP contribution in [-0.2, 0) is 9.84 Å². The molecule has 0 aromatic heterocycles. The minimum atomic E-state index is -3.57. The molecule has 0 amide bonds. The summed E-state index contributed by atoms with van der Waals surface area (Å²) in [7, 11) is -3.57. The minimum Gasteiger partial charge on any atom is -0.399 e. The third-order valence-electron chi connectivity index (χ3n) is 2.12. The van der Waals surface area contributed by atoms with Gasteiger partial charge in [-0.15, -0.1) is 0 Å². The van der Waals surface area contributed by atoms with Gasteiger partial charge in [0, 0.05) is 17.0 Å². The normalized spacial score (nSPS) is 13.4. The first-order chi connectivity index (χ1) is 7.38. The van der Waals surface area contributed by atoms with Gasteiger partial charge in [-0.3, -0.25) is 4.79 Å². The van der Waals surface area contributed by atoms with Crippen molar-refractivity contribution in [2.45, 2.75) is 11.6 Å². The lowest BCUT2D eigenvalue weighted by Crippen LogP contribution is -2.26.